The minimum atomic E-state index is 0.164. The normalized spacial score (nSPS) is 16.1. The van der Waals surface area contributed by atoms with Crippen LogP contribution >= 0.6 is 0 Å². The molecule has 9 heteroatoms. The van der Waals surface area contributed by atoms with E-state index in [4.69, 9.17) is 5.73 Å². The topological polar surface area (TPSA) is 120 Å². The third-order valence-electron chi connectivity index (χ3n) is 3.71. The predicted octanol–water partition coefficient (Wildman–Crippen LogP) is 1.67. The van der Waals surface area contributed by atoms with E-state index >= 15 is 0 Å². The molecule has 1 saturated carbocycles. The fraction of sp³-hybridized carbons (Fsp3) is 0.538. The zero-order valence-electron chi connectivity index (χ0n) is 12.7. The van der Waals surface area contributed by atoms with E-state index in [0.717, 1.165) is 24.2 Å². The van der Waals surface area contributed by atoms with Gasteiger partial charge in [0.2, 0.25) is 11.6 Å². The van der Waals surface area contributed by atoms with E-state index in [2.05, 4.69) is 35.5 Å². The van der Waals surface area contributed by atoms with E-state index in [9.17, 15) is 0 Å². The zero-order valence-corrected chi connectivity index (χ0v) is 12.7. The second-order valence-corrected chi connectivity index (χ2v) is 5.32. The van der Waals surface area contributed by atoms with Gasteiger partial charge < -0.3 is 5.73 Å². The number of anilines is 1. The standard InChI is InChI=1S/C13H18N8O/c1-8(15-16-10-6-4-3-5-7-10)11-9(2)21(20-17-11)13-12(14)18-22-19-13/h3-7H2,1-2H3,(H2,14,18)/b15-8+. The van der Waals surface area contributed by atoms with Crippen molar-refractivity contribution in [1.29, 1.82) is 0 Å². The van der Waals surface area contributed by atoms with Crippen molar-refractivity contribution in [2.75, 3.05) is 5.73 Å². The summed E-state index contributed by atoms with van der Waals surface area (Å²) in [5, 5.41) is 24.1. The summed E-state index contributed by atoms with van der Waals surface area (Å²) in [6.07, 6.45) is 5.73. The number of aromatic nitrogens is 5. The van der Waals surface area contributed by atoms with Gasteiger partial charge in [-0.1, -0.05) is 11.6 Å². The molecule has 2 heterocycles. The Morgan fingerprint density at radius 3 is 2.68 bits per heavy atom. The van der Waals surface area contributed by atoms with Crippen LogP contribution in [0.25, 0.3) is 5.82 Å². The summed E-state index contributed by atoms with van der Waals surface area (Å²) in [5.74, 6) is 0.485. The Balaban J connectivity index is 1.86. The monoisotopic (exact) mass is 302 g/mol. The van der Waals surface area contributed by atoms with Crippen molar-refractivity contribution in [3.63, 3.8) is 0 Å². The summed E-state index contributed by atoms with van der Waals surface area (Å²) in [4.78, 5) is 0. The number of hydrogen-bond acceptors (Lipinski definition) is 8. The highest BCUT2D eigenvalue weighted by molar-refractivity contribution is 5.98. The first-order valence-corrected chi connectivity index (χ1v) is 7.28. The molecule has 0 atom stereocenters. The van der Waals surface area contributed by atoms with E-state index in [0.29, 0.717) is 17.2 Å². The van der Waals surface area contributed by atoms with Crippen molar-refractivity contribution < 1.29 is 4.63 Å². The SMILES string of the molecule is C/C(=N\N=C1CCCCC1)c1nnn(-c2nonc2N)c1C. The van der Waals surface area contributed by atoms with Crippen LogP contribution in [0.5, 0.6) is 0 Å². The summed E-state index contributed by atoms with van der Waals surface area (Å²) >= 11 is 0. The highest BCUT2D eigenvalue weighted by atomic mass is 16.6. The smallest absolute Gasteiger partial charge is 0.243 e. The van der Waals surface area contributed by atoms with Gasteiger partial charge in [0.15, 0.2) is 0 Å². The minimum absolute atomic E-state index is 0.164. The number of nitrogens with two attached hydrogens (primary N) is 1. The lowest BCUT2D eigenvalue weighted by Crippen LogP contribution is -2.06. The number of hydrogen-bond donors (Lipinski definition) is 1. The predicted molar refractivity (Wildman–Crippen MR) is 81.1 cm³/mol. The number of nitrogen functional groups attached to an aromatic ring is 1. The van der Waals surface area contributed by atoms with Crippen LogP contribution in [-0.2, 0) is 0 Å². The third-order valence-corrected chi connectivity index (χ3v) is 3.71. The summed E-state index contributed by atoms with van der Waals surface area (Å²) in [7, 11) is 0. The number of rotatable bonds is 3. The van der Waals surface area contributed by atoms with Gasteiger partial charge in [0.1, 0.15) is 5.69 Å². The first-order chi connectivity index (χ1) is 10.7. The first-order valence-electron chi connectivity index (χ1n) is 7.28. The summed E-state index contributed by atoms with van der Waals surface area (Å²) < 4.78 is 6.07. The summed E-state index contributed by atoms with van der Waals surface area (Å²) in [5.41, 5.74) is 8.95. The quantitative estimate of drug-likeness (QED) is 0.680. The second-order valence-electron chi connectivity index (χ2n) is 5.32. The van der Waals surface area contributed by atoms with Gasteiger partial charge in [0.05, 0.1) is 11.4 Å². The molecule has 1 aliphatic carbocycles. The minimum Gasteiger partial charge on any atom is -0.378 e. The molecular formula is C13H18N8O. The summed E-state index contributed by atoms with van der Waals surface area (Å²) in [6.45, 7) is 3.72. The van der Waals surface area contributed by atoms with Gasteiger partial charge in [-0.05, 0) is 49.8 Å². The molecule has 9 nitrogen and oxygen atoms in total. The zero-order chi connectivity index (χ0) is 15.5. The van der Waals surface area contributed by atoms with Crippen molar-refractivity contribution in [2.24, 2.45) is 10.2 Å². The van der Waals surface area contributed by atoms with Crippen LogP contribution in [0.1, 0.15) is 50.4 Å². The average Bonchev–Trinajstić information content (AvgIpc) is 3.11. The van der Waals surface area contributed by atoms with Crippen LogP contribution in [0.15, 0.2) is 14.8 Å². The molecule has 0 aliphatic heterocycles. The molecule has 1 aliphatic rings. The molecule has 2 aromatic heterocycles. The van der Waals surface area contributed by atoms with Crippen LogP contribution in [0.4, 0.5) is 5.82 Å². The highest BCUT2D eigenvalue weighted by Gasteiger charge is 2.18. The largest absolute Gasteiger partial charge is 0.378 e. The lowest BCUT2D eigenvalue weighted by Gasteiger charge is -2.10. The molecule has 2 aromatic rings. The van der Waals surface area contributed by atoms with Gasteiger partial charge in [0.25, 0.3) is 0 Å². The fourth-order valence-electron chi connectivity index (χ4n) is 2.46. The van der Waals surface area contributed by atoms with Crippen LogP contribution < -0.4 is 5.73 Å². The molecule has 22 heavy (non-hydrogen) atoms. The van der Waals surface area contributed by atoms with Crippen LogP contribution in [0, 0.1) is 6.92 Å². The van der Waals surface area contributed by atoms with E-state index in [-0.39, 0.29) is 5.82 Å². The number of nitrogens with zero attached hydrogens (tertiary/aromatic N) is 7. The molecule has 116 valence electrons. The Labute approximate surface area is 127 Å². The molecule has 0 bridgehead atoms. The van der Waals surface area contributed by atoms with Crippen molar-refractivity contribution in [2.45, 2.75) is 46.0 Å². The second kappa shape index (κ2) is 6.04. The molecule has 0 saturated heterocycles. The lowest BCUT2D eigenvalue weighted by atomic mass is 9.99. The maximum atomic E-state index is 5.67. The third kappa shape index (κ3) is 2.74. The molecule has 2 N–H and O–H groups in total. The Kier molecular flexibility index (Phi) is 3.94. The summed E-state index contributed by atoms with van der Waals surface area (Å²) in [6, 6.07) is 0. The highest BCUT2D eigenvalue weighted by Crippen LogP contribution is 2.17. The molecule has 0 radical (unpaired) electrons. The molecular weight excluding hydrogens is 284 g/mol. The lowest BCUT2D eigenvalue weighted by molar-refractivity contribution is 0.306. The van der Waals surface area contributed by atoms with E-state index in [1.54, 1.807) is 0 Å². The van der Waals surface area contributed by atoms with Crippen molar-refractivity contribution in [3.05, 3.63) is 11.4 Å². The van der Waals surface area contributed by atoms with Gasteiger partial charge in [0, 0.05) is 5.71 Å². The molecule has 0 amide bonds. The molecule has 0 spiro atoms. The van der Waals surface area contributed by atoms with Crippen molar-refractivity contribution >= 4 is 17.2 Å². The Hall–Kier alpha value is -2.58. The maximum Gasteiger partial charge on any atom is 0.243 e. The van der Waals surface area contributed by atoms with E-state index < -0.39 is 0 Å². The molecule has 0 unspecified atom stereocenters. The molecule has 1 fully saturated rings. The van der Waals surface area contributed by atoms with E-state index in [1.807, 2.05) is 13.8 Å². The van der Waals surface area contributed by atoms with Gasteiger partial charge in [-0.25, -0.2) is 4.63 Å². The van der Waals surface area contributed by atoms with Crippen LogP contribution in [0.2, 0.25) is 0 Å². The molecule has 0 aromatic carbocycles. The Bertz CT molecular complexity index is 718. The fourth-order valence-corrected chi connectivity index (χ4v) is 2.46. The molecule has 3 rings (SSSR count). The van der Waals surface area contributed by atoms with Crippen molar-refractivity contribution in [1.82, 2.24) is 25.3 Å². The average molecular weight is 302 g/mol. The Morgan fingerprint density at radius 2 is 2.00 bits per heavy atom. The van der Waals surface area contributed by atoms with Gasteiger partial charge in [-0.3, -0.25) is 0 Å². The Morgan fingerprint density at radius 1 is 1.23 bits per heavy atom. The van der Waals surface area contributed by atoms with E-state index in [1.165, 1.54) is 23.9 Å². The van der Waals surface area contributed by atoms with Crippen LogP contribution in [0.3, 0.4) is 0 Å². The first kappa shape index (κ1) is 14.4. The maximum absolute atomic E-state index is 5.67. The van der Waals surface area contributed by atoms with Gasteiger partial charge in [-0.15, -0.1) is 5.10 Å². The van der Waals surface area contributed by atoms with Crippen LogP contribution in [-0.4, -0.2) is 36.7 Å². The van der Waals surface area contributed by atoms with Crippen molar-refractivity contribution in [3.8, 4) is 5.82 Å². The van der Waals surface area contributed by atoms with Gasteiger partial charge >= 0.3 is 0 Å². The van der Waals surface area contributed by atoms with Gasteiger partial charge in [-0.2, -0.15) is 14.9 Å².